The van der Waals surface area contributed by atoms with E-state index in [1.165, 1.54) is 12.1 Å². The van der Waals surface area contributed by atoms with Crippen LogP contribution in [-0.2, 0) is 9.59 Å². The second-order valence-electron chi connectivity index (χ2n) is 6.27. The molecular formula is C20H21FN2O3. The maximum atomic E-state index is 13.4. The maximum Gasteiger partial charge on any atom is 0.228 e. The summed E-state index contributed by atoms with van der Waals surface area (Å²) in [7, 11) is 0. The third-order valence-electron chi connectivity index (χ3n) is 4.42. The first kappa shape index (κ1) is 17.9. The van der Waals surface area contributed by atoms with Gasteiger partial charge in [-0.15, -0.1) is 0 Å². The number of carbonyl (C=O) groups is 2. The lowest BCUT2D eigenvalue weighted by Gasteiger charge is -2.26. The summed E-state index contributed by atoms with van der Waals surface area (Å²) in [6.45, 7) is 4.39. The molecule has 2 aromatic rings. The SMILES string of the molecule is CCOc1ccc(C(C)NC(=O)C2CC(=O)Nc3cc(F)ccc32)cc1. The summed E-state index contributed by atoms with van der Waals surface area (Å²) in [5.41, 5.74) is 1.92. The number of carbonyl (C=O) groups excluding carboxylic acids is 2. The number of hydrogen-bond donors (Lipinski definition) is 2. The van der Waals surface area contributed by atoms with E-state index in [2.05, 4.69) is 10.6 Å². The van der Waals surface area contributed by atoms with Crippen molar-refractivity contribution < 1.29 is 18.7 Å². The van der Waals surface area contributed by atoms with Crippen LogP contribution in [0.4, 0.5) is 10.1 Å². The minimum atomic E-state index is -0.635. The van der Waals surface area contributed by atoms with E-state index in [-0.39, 0.29) is 24.3 Å². The van der Waals surface area contributed by atoms with E-state index in [1.54, 1.807) is 6.07 Å². The van der Waals surface area contributed by atoms with Crippen molar-refractivity contribution in [3.8, 4) is 5.75 Å². The molecule has 1 aliphatic heterocycles. The maximum absolute atomic E-state index is 13.4. The highest BCUT2D eigenvalue weighted by atomic mass is 19.1. The van der Waals surface area contributed by atoms with Gasteiger partial charge in [0.15, 0.2) is 0 Å². The second-order valence-corrected chi connectivity index (χ2v) is 6.27. The lowest BCUT2D eigenvalue weighted by molar-refractivity contribution is -0.126. The molecule has 2 aromatic carbocycles. The van der Waals surface area contributed by atoms with E-state index in [1.807, 2.05) is 38.1 Å². The van der Waals surface area contributed by atoms with Crippen LogP contribution in [0.15, 0.2) is 42.5 Å². The Labute approximate surface area is 151 Å². The molecule has 0 saturated carbocycles. The lowest BCUT2D eigenvalue weighted by atomic mass is 9.89. The molecule has 2 amide bonds. The van der Waals surface area contributed by atoms with E-state index >= 15 is 0 Å². The molecule has 136 valence electrons. The van der Waals surface area contributed by atoms with Gasteiger partial charge in [-0.3, -0.25) is 9.59 Å². The molecule has 2 atom stereocenters. The molecule has 0 bridgehead atoms. The van der Waals surface area contributed by atoms with Crippen molar-refractivity contribution >= 4 is 17.5 Å². The van der Waals surface area contributed by atoms with Crippen LogP contribution < -0.4 is 15.4 Å². The number of amides is 2. The first-order valence-corrected chi connectivity index (χ1v) is 8.60. The van der Waals surface area contributed by atoms with Gasteiger partial charge in [0.2, 0.25) is 11.8 Å². The zero-order valence-corrected chi connectivity index (χ0v) is 14.7. The zero-order chi connectivity index (χ0) is 18.7. The minimum Gasteiger partial charge on any atom is -0.494 e. The van der Waals surface area contributed by atoms with Crippen LogP contribution in [0.25, 0.3) is 0 Å². The van der Waals surface area contributed by atoms with E-state index in [0.29, 0.717) is 17.9 Å². The minimum absolute atomic E-state index is 0.0421. The summed E-state index contributed by atoms with van der Waals surface area (Å²) >= 11 is 0. The number of ether oxygens (including phenoxy) is 1. The Morgan fingerprint density at radius 1 is 1.31 bits per heavy atom. The van der Waals surface area contributed by atoms with Crippen molar-refractivity contribution in [1.82, 2.24) is 5.32 Å². The van der Waals surface area contributed by atoms with Gasteiger partial charge in [-0.25, -0.2) is 4.39 Å². The summed E-state index contributed by atoms with van der Waals surface area (Å²) in [6.07, 6.45) is 0.0421. The van der Waals surface area contributed by atoms with Gasteiger partial charge < -0.3 is 15.4 Å². The zero-order valence-electron chi connectivity index (χ0n) is 14.7. The highest BCUT2D eigenvalue weighted by Gasteiger charge is 2.31. The number of nitrogens with one attached hydrogen (secondary N) is 2. The Hall–Kier alpha value is -2.89. The fourth-order valence-electron chi connectivity index (χ4n) is 3.09. The molecule has 1 heterocycles. The van der Waals surface area contributed by atoms with Crippen LogP contribution in [0.2, 0.25) is 0 Å². The normalized spacial score (nSPS) is 17.0. The van der Waals surface area contributed by atoms with Gasteiger partial charge in [-0.05, 0) is 49.2 Å². The summed E-state index contributed by atoms with van der Waals surface area (Å²) in [5.74, 6) is -0.863. The van der Waals surface area contributed by atoms with Crippen LogP contribution in [0.5, 0.6) is 5.75 Å². The van der Waals surface area contributed by atoms with Gasteiger partial charge in [0, 0.05) is 12.1 Å². The molecule has 0 aliphatic carbocycles. The number of anilines is 1. The molecule has 0 saturated heterocycles. The molecule has 0 fully saturated rings. The van der Waals surface area contributed by atoms with Crippen molar-refractivity contribution in [2.24, 2.45) is 0 Å². The number of halogens is 1. The third kappa shape index (κ3) is 3.85. The quantitative estimate of drug-likeness (QED) is 0.861. The monoisotopic (exact) mass is 356 g/mol. The third-order valence-corrected chi connectivity index (χ3v) is 4.42. The molecular weight excluding hydrogens is 335 g/mol. The summed E-state index contributed by atoms with van der Waals surface area (Å²) < 4.78 is 18.8. The fourth-order valence-corrected chi connectivity index (χ4v) is 3.09. The Morgan fingerprint density at radius 2 is 2.04 bits per heavy atom. The van der Waals surface area contributed by atoms with E-state index in [4.69, 9.17) is 4.74 Å². The van der Waals surface area contributed by atoms with Crippen molar-refractivity contribution in [1.29, 1.82) is 0 Å². The Bertz CT molecular complexity index is 820. The number of fused-ring (bicyclic) bond motifs is 1. The van der Waals surface area contributed by atoms with Crippen molar-refractivity contribution in [3.63, 3.8) is 0 Å². The summed E-state index contributed by atoms with van der Waals surface area (Å²) in [4.78, 5) is 24.6. The smallest absolute Gasteiger partial charge is 0.228 e. The standard InChI is InChI=1S/C20H21FN2O3/c1-3-26-15-7-4-13(5-8-15)12(2)22-20(25)17-11-19(24)23-18-10-14(21)6-9-16(17)18/h4-10,12,17H,3,11H2,1-2H3,(H,22,25)(H,23,24). The number of hydrogen-bond acceptors (Lipinski definition) is 3. The average Bonchev–Trinajstić information content (AvgIpc) is 2.61. The summed E-state index contributed by atoms with van der Waals surface area (Å²) in [5, 5.41) is 5.56. The topological polar surface area (TPSA) is 67.4 Å². The van der Waals surface area contributed by atoms with Crippen molar-refractivity contribution in [3.05, 3.63) is 59.4 Å². The van der Waals surface area contributed by atoms with E-state index in [0.717, 1.165) is 11.3 Å². The largest absolute Gasteiger partial charge is 0.494 e. The molecule has 2 N–H and O–H groups in total. The van der Waals surface area contributed by atoms with Gasteiger partial charge in [-0.1, -0.05) is 18.2 Å². The Kier molecular flexibility index (Phi) is 5.21. The van der Waals surface area contributed by atoms with Gasteiger partial charge in [-0.2, -0.15) is 0 Å². The second kappa shape index (κ2) is 7.56. The van der Waals surface area contributed by atoms with Gasteiger partial charge >= 0.3 is 0 Å². The molecule has 3 rings (SSSR count). The van der Waals surface area contributed by atoms with Crippen LogP contribution in [-0.4, -0.2) is 18.4 Å². The van der Waals surface area contributed by atoms with Crippen LogP contribution in [0.3, 0.4) is 0 Å². The van der Waals surface area contributed by atoms with Gasteiger partial charge in [0.25, 0.3) is 0 Å². The summed E-state index contributed by atoms with van der Waals surface area (Å²) in [6, 6.07) is 11.4. The number of benzene rings is 2. The highest BCUT2D eigenvalue weighted by molar-refractivity contribution is 6.01. The van der Waals surface area contributed by atoms with Crippen LogP contribution in [0.1, 0.15) is 43.4 Å². The molecule has 6 heteroatoms. The fraction of sp³-hybridized carbons (Fsp3) is 0.300. The molecule has 0 radical (unpaired) electrons. The highest BCUT2D eigenvalue weighted by Crippen LogP contribution is 2.33. The van der Waals surface area contributed by atoms with Crippen molar-refractivity contribution in [2.45, 2.75) is 32.2 Å². The van der Waals surface area contributed by atoms with Crippen LogP contribution >= 0.6 is 0 Å². The molecule has 1 aliphatic rings. The lowest BCUT2D eigenvalue weighted by Crippen LogP contribution is -2.36. The molecule has 26 heavy (non-hydrogen) atoms. The van der Waals surface area contributed by atoms with Crippen LogP contribution in [0, 0.1) is 5.82 Å². The van der Waals surface area contributed by atoms with Crippen molar-refractivity contribution in [2.75, 3.05) is 11.9 Å². The number of rotatable bonds is 5. The molecule has 0 aromatic heterocycles. The average molecular weight is 356 g/mol. The molecule has 5 nitrogen and oxygen atoms in total. The molecule has 0 spiro atoms. The van der Waals surface area contributed by atoms with Gasteiger partial charge in [0.05, 0.1) is 18.6 Å². The Balaban J connectivity index is 1.74. The predicted molar refractivity (Wildman–Crippen MR) is 96.6 cm³/mol. The molecule has 2 unspecified atom stereocenters. The van der Waals surface area contributed by atoms with E-state index < -0.39 is 11.7 Å². The first-order valence-electron chi connectivity index (χ1n) is 8.60. The Morgan fingerprint density at radius 3 is 2.73 bits per heavy atom. The van der Waals surface area contributed by atoms with E-state index in [9.17, 15) is 14.0 Å². The predicted octanol–water partition coefficient (Wildman–Crippen LogP) is 3.53. The van der Waals surface area contributed by atoms with Gasteiger partial charge in [0.1, 0.15) is 11.6 Å². The first-order chi connectivity index (χ1) is 12.5.